The lowest BCUT2D eigenvalue weighted by molar-refractivity contribution is -0.118. The number of aromatic nitrogens is 2. The van der Waals surface area contributed by atoms with Gasteiger partial charge in [0.1, 0.15) is 15.8 Å². The van der Waals surface area contributed by atoms with E-state index in [1.165, 1.54) is 6.07 Å². The van der Waals surface area contributed by atoms with Crippen molar-refractivity contribution in [3.8, 4) is 0 Å². The monoisotopic (exact) mass is 575 g/mol. The Labute approximate surface area is 221 Å². The van der Waals surface area contributed by atoms with Crippen LogP contribution in [0.1, 0.15) is 35.2 Å². The van der Waals surface area contributed by atoms with Gasteiger partial charge in [0.15, 0.2) is 9.84 Å². The second-order valence-corrected chi connectivity index (χ2v) is 12.9. The lowest BCUT2D eigenvalue weighted by Gasteiger charge is -2.19. The predicted octanol–water partition coefficient (Wildman–Crippen LogP) is 5.87. The SMILES string of the molecule is Cc1cc(S(=O)(=O)CC(=O)NC/C(F)=C2\CCCc3cnn(Cc4ccc(Cl)cc4Cl)c32)sc1Cl. The smallest absolute Gasteiger partial charge is 0.235 e. The van der Waals surface area contributed by atoms with Gasteiger partial charge in [-0.15, -0.1) is 11.3 Å². The summed E-state index contributed by atoms with van der Waals surface area (Å²) in [6.07, 6.45) is 3.68. The molecule has 3 aromatic rings. The van der Waals surface area contributed by atoms with Crippen LogP contribution in [0.25, 0.3) is 5.57 Å². The quantitative estimate of drug-likeness (QED) is 0.382. The van der Waals surface area contributed by atoms with Gasteiger partial charge >= 0.3 is 0 Å². The van der Waals surface area contributed by atoms with Gasteiger partial charge in [-0.25, -0.2) is 12.8 Å². The minimum Gasteiger partial charge on any atom is -0.349 e. The van der Waals surface area contributed by atoms with Crippen LogP contribution < -0.4 is 5.32 Å². The Kier molecular flexibility index (Phi) is 7.92. The first-order valence-electron chi connectivity index (χ1n) is 10.7. The van der Waals surface area contributed by atoms with E-state index < -0.39 is 33.9 Å². The molecule has 1 aliphatic rings. The van der Waals surface area contributed by atoms with Gasteiger partial charge in [0.2, 0.25) is 5.91 Å². The van der Waals surface area contributed by atoms with Crippen LogP contribution in [-0.2, 0) is 27.6 Å². The van der Waals surface area contributed by atoms with Crippen LogP contribution >= 0.6 is 46.1 Å². The molecule has 1 amide bonds. The van der Waals surface area contributed by atoms with E-state index in [0.29, 0.717) is 44.2 Å². The average molecular weight is 577 g/mol. The summed E-state index contributed by atoms with van der Waals surface area (Å²) in [6.45, 7) is 1.60. The van der Waals surface area contributed by atoms with E-state index in [0.717, 1.165) is 35.3 Å². The molecular formula is C23H21Cl3FN3O3S2. The highest BCUT2D eigenvalue weighted by atomic mass is 35.5. The molecule has 0 bridgehead atoms. The predicted molar refractivity (Wildman–Crippen MR) is 138 cm³/mol. The minimum atomic E-state index is -3.87. The van der Waals surface area contributed by atoms with Crippen molar-refractivity contribution < 1.29 is 17.6 Å². The molecule has 0 fully saturated rings. The fourth-order valence-electron chi connectivity index (χ4n) is 3.89. The van der Waals surface area contributed by atoms with Gasteiger partial charge < -0.3 is 5.32 Å². The number of thiophene rings is 1. The van der Waals surface area contributed by atoms with Crippen molar-refractivity contribution in [3.63, 3.8) is 0 Å². The molecule has 0 aliphatic heterocycles. The zero-order chi connectivity index (χ0) is 25.3. The highest BCUT2D eigenvalue weighted by Crippen LogP contribution is 2.35. The zero-order valence-electron chi connectivity index (χ0n) is 18.6. The van der Waals surface area contributed by atoms with Gasteiger partial charge in [-0.1, -0.05) is 40.9 Å². The molecule has 1 N–H and O–H groups in total. The molecule has 0 saturated carbocycles. The van der Waals surface area contributed by atoms with Crippen LogP contribution in [0.4, 0.5) is 4.39 Å². The molecule has 2 heterocycles. The molecule has 6 nitrogen and oxygen atoms in total. The summed E-state index contributed by atoms with van der Waals surface area (Å²) in [5, 5.41) is 7.82. The second kappa shape index (κ2) is 10.6. The van der Waals surface area contributed by atoms with Crippen LogP contribution in [0.5, 0.6) is 0 Å². The van der Waals surface area contributed by atoms with Gasteiger partial charge in [-0.05, 0) is 61.1 Å². The summed E-state index contributed by atoms with van der Waals surface area (Å²) in [4.78, 5) is 12.3. The Morgan fingerprint density at radius 2 is 2.00 bits per heavy atom. The van der Waals surface area contributed by atoms with Crippen molar-refractivity contribution in [2.45, 2.75) is 36.9 Å². The normalized spacial score (nSPS) is 15.1. The summed E-state index contributed by atoms with van der Waals surface area (Å²) >= 11 is 19.1. The topological polar surface area (TPSA) is 81.1 Å². The minimum absolute atomic E-state index is 0.00987. The van der Waals surface area contributed by atoms with E-state index in [4.69, 9.17) is 34.8 Å². The van der Waals surface area contributed by atoms with Crippen molar-refractivity contribution in [1.29, 1.82) is 0 Å². The van der Waals surface area contributed by atoms with Gasteiger partial charge in [-0.2, -0.15) is 5.10 Å². The molecule has 0 atom stereocenters. The Bertz CT molecular complexity index is 1410. The number of benzene rings is 1. The summed E-state index contributed by atoms with van der Waals surface area (Å²) in [6, 6.07) is 6.59. The van der Waals surface area contributed by atoms with E-state index in [9.17, 15) is 13.2 Å². The third-order valence-corrected chi connectivity index (χ3v) is 9.96. The molecule has 0 radical (unpaired) electrons. The number of sulfone groups is 1. The third kappa shape index (κ3) is 5.91. The molecule has 0 saturated heterocycles. The third-order valence-electron chi connectivity index (χ3n) is 5.64. The maximum absolute atomic E-state index is 15.3. The number of carbonyl (C=O) groups is 1. The molecule has 0 spiro atoms. The fraction of sp³-hybridized carbons (Fsp3) is 0.304. The molecule has 1 aromatic carbocycles. The molecule has 2 aromatic heterocycles. The van der Waals surface area contributed by atoms with Gasteiger partial charge in [0.05, 0.1) is 29.3 Å². The first-order valence-corrected chi connectivity index (χ1v) is 14.3. The number of nitrogens with one attached hydrogen (secondary N) is 1. The number of nitrogens with zero attached hydrogens (tertiary/aromatic N) is 2. The fourth-order valence-corrected chi connectivity index (χ4v) is 7.31. The maximum Gasteiger partial charge on any atom is 0.235 e. The summed E-state index contributed by atoms with van der Waals surface area (Å²) in [5.74, 6) is -2.11. The average Bonchev–Trinajstić information content (AvgIpc) is 3.37. The first kappa shape index (κ1) is 26.2. The lowest BCUT2D eigenvalue weighted by Crippen LogP contribution is -2.31. The van der Waals surface area contributed by atoms with Crippen molar-refractivity contribution in [3.05, 3.63) is 73.1 Å². The van der Waals surface area contributed by atoms with E-state index in [-0.39, 0.29) is 4.21 Å². The Morgan fingerprint density at radius 1 is 1.23 bits per heavy atom. The highest BCUT2D eigenvalue weighted by Gasteiger charge is 2.25. The molecule has 1 aliphatic carbocycles. The largest absolute Gasteiger partial charge is 0.349 e. The van der Waals surface area contributed by atoms with Crippen molar-refractivity contribution in [2.75, 3.05) is 12.3 Å². The van der Waals surface area contributed by atoms with Gasteiger partial charge in [0, 0.05) is 15.6 Å². The zero-order valence-corrected chi connectivity index (χ0v) is 22.5. The molecule has 4 rings (SSSR count). The number of amides is 1. The highest BCUT2D eigenvalue weighted by molar-refractivity contribution is 7.94. The Morgan fingerprint density at radius 3 is 2.69 bits per heavy atom. The molecule has 0 unspecified atom stereocenters. The second-order valence-electron chi connectivity index (χ2n) is 8.21. The van der Waals surface area contributed by atoms with Crippen molar-refractivity contribution in [2.24, 2.45) is 0 Å². The standard InChI is InChI=1S/C23H21Cl3FN3O3S2/c1-13-7-21(34-23(13)26)35(32,33)12-20(31)28-10-19(27)17-4-2-3-14-9-29-30(22(14)17)11-15-5-6-16(24)8-18(15)25/h5-9H,2-4,10-12H2,1H3,(H,28,31)/b19-17-. The summed E-state index contributed by atoms with van der Waals surface area (Å²) in [5.41, 5.74) is 3.42. The maximum atomic E-state index is 15.3. The molecule has 35 heavy (non-hydrogen) atoms. The van der Waals surface area contributed by atoms with Crippen molar-refractivity contribution >= 4 is 67.5 Å². The van der Waals surface area contributed by atoms with Gasteiger partial charge in [0.25, 0.3) is 0 Å². The number of allylic oxidation sites excluding steroid dienone is 1. The molecular weight excluding hydrogens is 556 g/mol. The van der Waals surface area contributed by atoms with E-state index >= 15 is 4.39 Å². The van der Waals surface area contributed by atoms with Crippen LogP contribution in [-0.4, -0.2) is 36.4 Å². The number of halogens is 4. The van der Waals surface area contributed by atoms with E-state index in [1.54, 1.807) is 36.0 Å². The number of fused-ring (bicyclic) bond motifs is 1. The number of aryl methyl sites for hydroxylation is 2. The van der Waals surface area contributed by atoms with Gasteiger partial charge in [-0.3, -0.25) is 9.48 Å². The number of hydrogen-bond donors (Lipinski definition) is 1. The molecule has 12 heteroatoms. The van der Waals surface area contributed by atoms with Crippen LogP contribution in [0.3, 0.4) is 0 Å². The number of hydrogen-bond acceptors (Lipinski definition) is 5. The lowest BCUT2D eigenvalue weighted by atomic mass is 9.92. The van der Waals surface area contributed by atoms with E-state index in [1.807, 2.05) is 0 Å². The molecule has 186 valence electrons. The Hall–Kier alpha value is -1.91. The van der Waals surface area contributed by atoms with Crippen LogP contribution in [0.2, 0.25) is 14.4 Å². The number of carbonyl (C=O) groups excluding carboxylic acids is 1. The van der Waals surface area contributed by atoms with Crippen LogP contribution in [0.15, 0.2) is 40.5 Å². The van der Waals surface area contributed by atoms with Crippen LogP contribution in [0, 0.1) is 6.92 Å². The first-order chi connectivity index (χ1) is 16.5. The van der Waals surface area contributed by atoms with Crippen molar-refractivity contribution in [1.82, 2.24) is 15.1 Å². The Balaban J connectivity index is 1.50. The van der Waals surface area contributed by atoms with E-state index in [2.05, 4.69) is 10.4 Å². The number of rotatable bonds is 7. The summed E-state index contributed by atoms with van der Waals surface area (Å²) < 4.78 is 42.3. The summed E-state index contributed by atoms with van der Waals surface area (Å²) in [7, 11) is -3.87.